The maximum atomic E-state index is 13.2. The number of rotatable bonds is 11. The molecular formula is C32H34N6O4. The molecule has 10 heteroatoms. The van der Waals surface area contributed by atoms with Gasteiger partial charge in [0.05, 0.1) is 23.1 Å². The molecular weight excluding hydrogens is 532 g/mol. The van der Waals surface area contributed by atoms with E-state index in [0.717, 1.165) is 28.6 Å². The lowest BCUT2D eigenvalue weighted by Gasteiger charge is -2.17. The number of fused-ring (bicyclic) bond motifs is 1. The molecule has 0 bridgehead atoms. The molecule has 0 saturated heterocycles. The van der Waals surface area contributed by atoms with E-state index in [9.17, 15) is 14.9 Å². The Labute approximate surface area is 243 Å². The standard InChI is InChI=1S/C30H28N6O4.C2H6/c31-28(26-17-18-27(40-26)36(38)39)32-19-7-6-12-25(29-33-23-10-4-5-11-24(23)34-29)35-30(37)22-15-13-21(14-16-22)20-8-2-1-3-9-20;1-2/h1-5,8-11,13-18,25H,6-7,12,19H2,(H2,31,32)(H,33,34)(H,35,37);1-2H3. The number of hydrogen-bond acceptors (Lipinski definition) is 6. The molecule has 1 atom stereocenters. The van der Waals surface area contributed by atoms with E-state index < -0.39 is 4.92 Å². The first-order valence-corrected chi connectivity index (χ1v) is 13.9. The van der Waals surface area contributed by atoms with Gasteiger partial charge in [0.2, 0.25) is 0 Å². The average molecular weight is 567 g/mol. The fourth-order valence-electron chi connectivity index (χ4n) is 4.40. The highest BCUT2D eigenvalue weighted by Crippen LogP contribution is 2.23. The Morgan fingerprint density at radius 1 is 0.976 bits per heavy atom. The van der Waals surface area contributed by atoms with E-state index in [1.165, 1.54) is 12.1 Å². The van der Waals surface area contributed by atoms with Crippen LogP contribution in [0.15, 0.2) is 100 Å². The Morgan fingerprint density at radius 2 is 1.67 bits per heavy atom. The third-order valence-corrected chi connectivity index (χ3v) is 6.50. The van der Waals surface area contributed by atoms with Crippen LogP contribution in [0.25, 0.3) is 22.2 Å². The lowest BCUT2D eigenvalue weighted by Crippen LogP contribution is -2.29. The number of imidazole rings is 1. The number of amides is 1. The third kappa shape index (κ3) is 7.48. The van der Waals surface area contributed by atoms with Gasteiger partial charge in [-0.2, -0.15) is 0 Å². The molecule has 0 aliphatic rings. The van der Waals surface area contributed by atoms with Gasteiger partial charge in [-0.05, 0) is 60.7 Å². The Kier molecular flexibility index (Phi) is 10.2. The number of unbranched alkanes of at least 4 members (excludes halogenated alkanes) is 1. The van der Waals surface area contributed by atoms with Crippen molar-refractivity contribution in [2.75, 3.05) is 6.54 Å². The largest absolute Gasteiger partial charge is 0.433 e. The minimum absolute atomic E-state index is 0.106. The van der Waals surface area contributed by atoms with Crippen molar-refractivity contribution in [3.63, 3.8) is 0 Å². The minimum Gasteiger partial charge on any atom is -0.397 e. The summed E-state index contributed by atoms with van der Waals surface area (Å²) in [5, 5.41) is 13.9. The molecule has 42 heavy (non-hydrogen) atoms. The van der Waals surface area contributed by atoms with E-state index in [-0.39, 0.29) is 29.4 Å². The van der Waals surface area contributed by atoms with E-state index in [2.05, 4.69) is 15.3 Å². The number of aromatic nitrogens is 2. The fourth-order valence-corrected chi connectivity index (χ4v) is 4.40. The monoisotopic (exact) mass is 566 g/mol. The van der Waals surface area contributed by atoms with Crippen LogP contribution in [-0.4, -0.2) is 33.2 Å². The van der Waals surface area contributed by atoms with Crippen LogP contribution in [0, 0.1) is 10.1 Å². The molecule has 0 fully saturated rings. The minimum atomic E-state index is -0.624. The lowest BCUT2D eigenvalue weighted by atomic mass is 10.0. The molecule has 2 aromatic heterocycles. The number of para-hydroxylation sites is 2. The highest BCUT2D eigenvalue weighted by atomic mass is 16.6. The van der Waals surface area contributed by atoms with Crippen molar-refractivity contribution in [1.82, 2.24) is 15.3 Å². The predicted octanol–water partition coefficient (Wildman–Crippen LogP) is 6.80. The quantitative estimate of drug-likeness (QED) is 0.0525. The molecule has 0 spiro atoms. The van der Waals surface area contributed by atoms with E-state index in [0.29, 0.717) is 30.8 Å². The summed E-state index contributed by atoms with van der Waals surface area (Å²) < 4.78 is 5.09. The molecule has 3 aromatic carbocycles. The molecule has 0 aliphatic carbocycles. The third-order valence-electron chi connectivity index (χ3n) is 6.50. The van der Waals surface area contributed by atoms with Gasteiger partial charge in [-0.3, -0.25) is 19.9 Å². The molecule has 4 N–H and O–H groups in total. The molecule has 216 valence electrons. The van der Waals surface area contributed by atoms with E-state index in [1.807, 2.05) is 92.7 Å². The number of aliphatic imine (C=N–C) groups is 1. The number of nitrogens with zero attached hydrogens (tertiary/aromatic N) is 3. The molecule has 1 amide bonds. The summed E-state index contributed by atoms with van der Waals surface area (Å²) in [5.41, 5.74) is 10.3. The topological polar surface area (TPSA) is 152 Å². The van der Waals surface area contributed by atoms with E-state index >= 15 is 0 Å². The number of carbonyl (C=O) groups excluding carboxylic acids is 1. The van der Waals surface area contributed by atoms with Crippen LogP contribution < -0.4 is 11.1 Å². The zero-order valence-corrected chi connectivity index (χ0v) is 23.6. The van der Waals surface area contributed by atoms with Crippen molar-refractivity contribution in [3.05, 3.63) is 118 Å². The maximum Gasteiger partial charge on any atom is 0.433 e. The lowest BCUT2D eigenvalue weighted by molar-refractivity contribution is -0.402. The molecule has 0 saturated carbocycles. The Balaban J connectivity index is 0.00000198. The number of furan rings is 1. The molecule has 1 unspecified atom stereocenters. The summed E-state index contributed by atoms with van der Waals surface area (Å²) >= 11 is 0. The van der Waals surface area contributed by atoms with Crippen LogP contribution in [0.1, 0.15) is 61.1 Å². The first kappa shape index (κ1) is 29.7. The normalized spacial score (nSPS) is 11.9. The van der Waals surface area contributed by atoms with Gasteiger partial charge in [0.25, 0.3) is 5.91 Å². The summed E-state index contributed by atoms with van der Waals surface area (Å²) in [7, 11) is 0. The molecule has 0 aliphatic heterocycles. The maximum absolute atomic E-state index is 13.2. The number of benzene rings is 3. The van der Waals surface area contributed by atoms with Crippen LogP contribution in [-0.2, 0) is 0 Å². The predicted molar refractivity (Wildman–Crippen MR) is 164 cm³/mol. The zero-order chi connectivity index (χ0) is 29.9. The second kappa shape index (κ2) is 14.4. The Morgan fingerprint density at radius 3 is 2.36 bits per heavy atom. The van der Waals surface area contributed by atoms with Crippen molar-refractivity contribution in [3.8, 4) is 11.1 Å². The van der Waals surface area contributed by atoms with Crippen molar-refractivity contribution in [1.29, 1.82) is 0 Å². The number of carbonyl (C=O) groups is 1. The van der Waals surface area contributed by atoms with E-state index in [1.54, 1.807) is 0 Å². The van der Waals surface area contributed by atoms with Crippen LogP contribution in [0.2, 0.25) is 0 Å². The first-order valence-electron chi connectivity index (χ1n) is 13.9. The van der Waals surface area contributed by atoms with Crippen molar-refractivity contribution < 1.29 is 14.1 Å². The molecule has 5 rings (SSSR count). The number of nitrogens with two attached hydrogens (primary N) is 1. The number of nitro groups is 1. The van der Waals surface area contributed by atoms with Gasteiger partial charge < -0.3 is 20.5 Å². The van der Waals surface area contributed by atoms with Gasteiger partial charge in [0, 0.05) is 12.1 Å². The second-order valence-electron chi connectivity index (χ2n) is 9.27. The van der Waals surface area contributed by atoms with Crippen molar-refractivity contribution in [2.45, 2.75) is 39.2 Å². The summed E-state index contributed by atoms with van der Waals surface area (Å²) in [5.74, 6) is 0.381. The number of aromatic amines is 1. The molecule has 0 radical (unpaired) electrons. The highest BCUT2D eigenvalue weighted by Gasteiger charge is 2.19. The van der Waals surface area contributed by atoms with Crippen molar-refractivity contribution >= 4 is 28.7 Å². The summed E-state index contributed by atoms with van der Waals surface area (Å²) in [6.07, 6.45) is 2.03. The molecule has 2 heterocycles. The zero-order valence-electron chi connectivity index (χ0n) is 23.6. The molecule has 5 aromatic rings. The van der Waals surface area contributed by atoms with Crippen LogP contribution in [0.4, 0.5) is 5.88 Å². The van der Waals surface area contributed by atoms with Crippen LogP contribution >= 0.6 is 0 Å². The molecule has 10 nitrogen and oxygen atoms in total. The van der Waals surface area contributed by atoms with Crippen LogP contribution in [0.3, 0.4) is 0 Å². The van der Waals surface area contributed by atoms with Gasteiger partial charge in [-0.15, -0.1) is 0 Å². The van der Waals surface area contributed by atoms with Gasteiger partial charge in [0.15, 0.2) is 11.6 Å². The van der Waals surface area contributed by atoms with Gasteiger partial charge in [-0.1, -0.05) is 68.4 Å². The summed E-state index contributed by atoms with van der Waals surface area (Å²) in [4.78, 5) is 35.7. The Hall–Kier alpha value is -5.25. The van der Waals surface area contributed by atoms with Gasteiger partial charge in [0.1, 0.15) is 10.7 Å². The van der Waals surface area contributed by atoms with Gasteiger partial charge >= 0.3 is 5.88 Å². The smallest absolute Gasteiger partial charge is 0.397 e. The summed E-state index contributed by atoms with van der Waals surface area (Å²) in [6, 6.07) is 27.6. The Bertz CT molecular complexity index is 1610. The first-order chi connectivity index (χ1) is 20.5. The second-order valence-corrected chi connectivity index (χ2v) is 9.27. The number of amidine groups is 1. The number of H-pyrrole nitrogens is 1. The van der Waals surface area contributed by atoms with Crippen LogP contribution in [0.5, 0.6) is 0 Å². The van der Waals surface area contributed by atoms with Crippen molar-refractivity contribution in [2.24, 2.45) is 10.7 Å². The fraction of sp³-hybridized carbons (Fsp3) is 0.219. The van der Waals surface area contributed by atoms with Gasteiger partial charge in [-0.25, -0.2) is 4.98 Å². The average Bonchev–Trinajstić information content (AvgIpc) is 3.70. The summed E-state index contributed by atoms with van der Waals surface area (Å²) in [6.45, 7) is 4.40. The van der Waals surface area contributed by atoms with E-state index in [4.69, 9.17) is 15.1 Å². The number of nitrogens with one attached hydrogen (secondary N) is 2. The highest BCUT2D eigenvalue weighted by molar-refractivity contribution is 5.95. The number of hydrogen-bond donors (Lipinski definition) is 3. The SMILES string of the molecule is CC.NC(=NCCCCC(NC(=O)c1ccc(-c2ccccc2)cc1)c1nc2ccccc2[nH]1)c1ccc([N+](=O)[O-])o1.